The lowest BCUT2D eigenvalue weighted by molar-refractivity contribution is 0.102. The zero-order valence-electron chi connectivity index (χ0n) is 10.6. The van der Waals surface area contributed by atoms with E-state index in [2.05, 4.69) is 21.2 Å². The molecule has 0 fully saturated rings. The summed E-state index contributed by atoms with van der Waals surface area (Å²) in [4.78, 5) is 12.1. The fraction of sp³-hybridized carbons (Fsp3) is 0.0667. The number of hydrogen-bond acceptors (Lipinski definition) is 2. The second kappa shape index (κ2) is 5.85. The van der Waals surface area contributed by atoms with Crippen molar-refractivity contribution in [1.82, 2.24) is 0 Å². The third-order valence-corrected chi connectivity index (χ3v) is 3.11. The summed E-state index contributed by atoms with van der Waals surface area (Å²) in [5, 5.41) is 11.2. The lowest BCUT2D eigenvalue weighted by Gasteiger charge is -2.08. The number of anilines is 1. The van der Waals surface area contributed by atoms with E-state index in [0.717, 1.165) is 16.1 Å². The van der Waals surface area contributed by atoms with Crippen LogP contribution in [0.4, 0.5) is 10.1 Å². The van der Waals surface area contributed by atoms with Crippen LogP contribution in [0.2, 0.25) is 0 Å². The second-order valence-corrected chi connectivity index (χ2v) is 5.19. The van der Waals surface area contributed by atoms with Crippen LogP contribution in [0, 0.1) is 24.1 Å². The van der Waals surface area contributed by atoms with Crippen LogP contribution in [0.1, 0.15) is 21.5 Å². The van der Waals surface area contributed by atoms with Crippen LogP contribution >= 0.6 is 15.9 Å². The van der Waals surface area contributed by atoms with Gasteiger partial charge in [0, 0.05) is 10.0 Å². The second-order valence-electron chi connectivity index (χ2n) is 4.28. The SMILES string of the molecule is Cc1cc(Br)cc(C(=O)Nc2ccc(C#N)cc2F)c1. The minimum absolute atomic E-state index is 0.0478. The Hall–Kier alpha value is -2.19. The third-order valence-electron chi connectivity index (χ3n) is 2.65. The quantitative estimate of drug-likeness (QED) is 0.902. The minimum Gasteiger partial charge on any atom is -0.319 e. The molecule has 1 N–H and O–H groups in total. The Morgan fingerprint density at radius 2 is 2.05 bits per heavy atom. The standard InChI is InChI=1S/C15H10BrFN2O/c1-9-4-11(7-12(16)5-9)15(20)19-14-3-2-10(8-18)6-13(14)17/h2-7H,1H3,(H,19,20). The van der Waals surface area contributed by atoms with Gasteiger partial charge in [-0.1, -0.05) is 15.9 Å². The van der Waals surface area contributed by atoms with Gasteiger partial charge in [-0.05, 0) is 48.9 Å². The molecule has 3 nitrogen and oxygen atoms in total. The molecule has 0 unspecified atom stereocenters. The van der Waals surface area contributed by atoms with Crippen LogP contribution in [-0.4, -0.2) is 5.91 Å². The van der Waals surface area contributed by atoms with Crippen LogP contribution in [0.5, 0.6) is 0 Å². The molecule has 100 valence electrons. The molecule has 0 atom stereocenters. The third kappa shape index (κ3) is 3.22. The van der Waals surface area contributed by atoms with E-state index < -0.39 is 11.7 Å². The fourth-order valence-electron chi connectivity index (χ4n) is 1.75. The minimum atomic E-state index is -0.635. The van der Waals surface area contributed by atoms with Crippen molar-refractivity contribution in [2.45, 2.75) is 6.92 Å². The van der Waals surface area contributed by atoms with Crippen molar-refractivity contribution < 1.29 is 9.18 Å². The van der Waals surface area contributed by atoms with Crippen LogP contribution in [0.25, 0.3) is 0 Å². The summed E-state index contributed by atoms with van der Waals surface area (Å²) in [7, 11) is 0. The summed E-state index contributed by atoms with van der Waals surface area (Å²) in [5.41, 5.74) is 1.61. The molecular formula is C15H10BrFN2O. The Labute approximate surface area is 124 Å². The topological polar surface area (TPSA) is 52.9 Å². The first kappa shape index (κ1) is 14.2. The first-order chi connectivity index (χ1) is 9.49. The molecule has 0 aromatic heterocycles. The highest BCUT2D eigenvalue weighted by molar-refractivity contribution is 9.10. The van der Waals surface area contributed by atoms with E-state index in [0.29, 0.717) is 5.56 Å². The number of rotatable bonds is 2. The van der Waals surface area contributed by atoms with E-state index in [1.807, 2.05) is 19.1 Å². The Bertz CT molecular complexity index is 702. The van der Waals surface area contributed by atoms with Gasteiger partial charge in [-0.25, -0.2) is 4.39 Å². The Morgan fingerprint density at radius 3 is 2.65 bits per heavy atom. The molecule has 0 aliphatic rings. The van der Waals surface area contributed by atoms with Gasteiger partial charge < -0.3 is 5.32 Å². The highest BCUT2D eigenvalue weighted by Gasteiger charge is 2.11. The van der Waals surface area contributed by atoms with Crippen molar-refractivity contribution >= 4 is 27.5 Å². The van der Waals surface area contributed by atoms with Crippen molar-refractivity contribution in [3.63, 3.8) is 0 Å². The molecule has 0 aliphatic heterocycles. The lowest BCUT2D eigenvalue weighted by Crippen LogP contribution is -2.13. The van der Waals surface area contributed by atoms with Gasteiger partial charge in [0.2, 0.25) is 0 Å². The van der Waals surface area contributed by atoms with Gasteiger partial charge in [0.05, 0.1) is 17.3 Å². The molecule has 0 bridgehead atoms. The maximum Gasteiger partial charge on any atom is 0.255 e. The van der Waals surface area contributed by atoms with E-state index in [9.17, 15) is 9.18 Å². The Balaban J connectivity index is 2.26. The highest BCUT2D eigenvalue weighted by Crippen LogP contribution is 2.19. The predicted molar refractivity (Wildman–Crippen MR) is 77.9 cm³/mol. The first-order valence-electron chi connectivity index (χ1n) is 5.78. The van der Waals surface area contributed by atoms with E-state index in [1.54, 1.807) is 12.1 Å². The maximum atomic E-state index is 13.7. The largest absolute Gasteiger partial charge is 0.319 e. The smallest absolute Gasteiger partial charge is 0.255 e. The molecule has 0 heterocycles. The van der Waals surface area contributed by atoms with E-state index in [-0.39, 0.29) is 11.3 Å². The summed E-state index contributed by atoms with van der Waals surface area (Å²) in [5.74, 6) is -1.04. The molecule has 2 aromatic carbocycles. The Kier molecular flexibility index (Phi) is 4.16. The molecule has 20 heavy (non-hydrogen) atoms. The zero-order chi connectivity index (χ0) is 14.7. The normalized spacial score (nSPS) is 9.90. The maximum absolute atomic E-state index is 13.7. The number of halogens is 2. The van der Waals surface area contributed by atoms with E-state index >= 15 is 0 Å². The van der Waals surface area contributed by atoms with Gasteiger partial charge in [-0.2, -0.15) is 5.26 Å². The van der Waals surface area contributed by atoms with E-state index in [4.69, 9.17) is 5.26 Å². The first-order valence-corrected chi connectivity index (χ1v) is 6.57. The van der Waals surface area contributed by atoms with Crippen LogP contribution < -0.4 is 5.32 Å². The van der Waals surface area contributed by atoms with Crippen molar-refractivity contribution in [1.29, 1.82) is 5.26 Å². The molecule has 0 radical (unpaired) electrons. The molecule has 0 saturated heterocycles. The van der Waals surface area contributed by atoms with Gasteiger partial charge in [0.15, 0.2) is 0 Å². The van der Waals surface area contributed by atoms with Gasteiger partial charge in [0.25, 0.3) is 5.91 Å². The zero-order valence-corrected chi connectivity index (χ0v) is 12.2. The van der Waals surface area contributed by atoms with Gasteiger partial charge in [-0.15, -0.1) is 0 Å². The van der Waals surface area contributed by atoms with Crippen LogP contribution in [0.15, 0.2) is 40.9 Å². The van der Waals surface area contributed by atoms with Gasteiger partial charge in [-0.3, -0.25) is 4.79 Å². The fourth-order valence-corrected chi connectivity index (χ4v) is 2.36. The van der Waals surface area contributed by atoms with Gasteiger partial charge >= 0.3 is 0 Å². The molecule has 5 heteroatoms. The number of hydrogen-bond donors (Lipinski definition) is 1. The Morgan fingerprint density at radius 1 is 1.30 bits per heavy atom. The van der Waals surface area contributed by atoms with Crippen molar-refractivity contribution in [3.05, 3.63) is 63.4 Å². The number of benzene rings is 2. The number of nitrogens with one attached hydrogen (secondary N) is 1. The van der Waals surface area contributed by atoms with Crippen LogP contribution in [-0.2, 0) is 0 Å². The number of nitriles is 1. The monoisotopic (exact) mass is 332 g/mol. The number of carbonyl (C=O) groups excluding carboxylic acids is 1. The molecule has 0 aliphatic carbocycles. The van der Waals surface area contributed by atoms with Crippen molar-refractivity contribution in [3.8, 4) is 6.07 Å². The molecule has 2 aromatic rings. The average Bonchev–Trinajstić information content (AvgIpc) is 2.39. The lowest BCUT2D eigenvalue weighted by atomic mass is 10.1. The molecule has 0 spiro atoms. The summed E-state index contributed by atoms with van der Waals surface area (Å²) in [6.07, 6.45) is 0. The summed E-state index contributed by atoms with van der Waals surface area (Å²) < 4.78 is 14.5. The summed E-state index contributed by atoms with van der Waals surface area (Å²) >= 11 is 3.31. The molecule has 1 amide bonds. The number of aryl methyl sites for hydroxylation is 1. The molecule has 2 rings (SSSR count). The van der Waals surface area contributed by atoms with Crippen LogP contribution in [0.3, 0.4) is 0 Å². The number of amides is 1. The molecule has 0 saturated carbocycles. The number of nitrogens with zero attached hydrogens (tertiary/aromatic N) is 1. The van der Waals surface area contributed by atoms with Gasteiger partial charge in [0.1, 0.15) is 5.82 Å². The summed E-state index contributed by atoms with van der Waals surface area (Å²) in [6, 6.07) is 11.0. The molecular weight excluding hydrogens is 323 g/mol. The van der Waals surface area contributed by atoms with Crippen molar-refractivity contribution in [2.24, 2.45) is 0 Å². The number of carbonyl (C=O) groups is 1. The average molecular weight is 333 g/mol. The highest BCUT2D eigenvalue weighted by atomic mass is 79.9. The summed E-state index contributed by atoms with van der Waals surface area (Å²) in [6.45, 7) is 1.86. The van der Waals surface area contributed by atoms with E-state index in [1.165, 1.54) is 12.1 Å². The predicted octanol–water partition coefficient (Wildman–Crippen LogP) is 4.02. The van der Waals surface area contributed by atoms with Crippen molar-refractivity contribution in [2.75, 3.05) is 5.32 Å².